The number of aryl methyl sites for hydroxylation is 2. The van der Waals surface area contributed by atoms with Crippen molar-refractivity contribution in [2.45, 2.75) is 13.8 Å². The van der Waals surface area contributed by atoms with Crippen molar-refractivity contribution in [3.8, 4) is 0 Å². The Morgan fingerprint density at radius 1 is 1.56 bits per heavy atom. The molecule has 1 nitrogen and oxygen atoms in total. The molecule has 0 N–H and O–H groups in total. The third-order valence-electron chi connectivity index (χ3n) is 1.39. The molecular weight excluding hydrogens is 112 g/mol. The smallest absolute Gasteiger partial charge is 0.126 e. The van der Waals surface area contributed by atoms with Crippen LogP contribution in [0.4, 0.5) is 0 Å². The van der Waals surface area contributed by atoms with Crippen LogP contribution in [-0.4, -0.2) is 0 Å². The fraction of sp³-hybridized carbons (Fsp3) is 0.250. The summed E-state index contributed by atoms with van der Waals surface area (Å²) < 4.78 is 5.25. The van der Waals surface area contributed by atoms with Gasteiger partial charge in [-0.3, -0.25) is 0 Å². The van der Waals surface area contributed by atoms with Crippen molar-refractivity contribution in [3.63, 3.8) is 0 Å². The summed E-state index contributed by atoms with van der Waals surface area (Å²) in [7, 11) is 0. The zero-order valence-electron chi connectivity index (χ0n) is 5.77. The van der Waals surface area contributed by atoms with Crippen molar-refractivity contribution < 1.29 is 4.42 Å². The second-order valence-corrected chi connectivity index (χ2v) is 2.09. The lowest BCUT2D eigenvalue weighted by Crippen LogP contribution is -1.63. The highest BCUT2D eigenvalue weighted by atomic mass is 16.3. The number of rotatable bonds is 1. The highest BCUT2D eigenvalue weighted by Gasteiger charge is 1.97. The van der Waals surface area contributed by atoms with E-state index in [1.807, 2.05) is 19.9 Å². The Hall–Kier alpha value is -0.980. The number of hydrogen-bond acceptors (Lipinski definition) is 1. The summed E-state index contributed by atoms with van der Waals surface area (Å²) >= 11 is 0. The summed E-state index contributed by atoms with van der Waals surface area (Å²) in [5, 5.41) is 0. The van der Waals surface area contributed by atoms with Gasteiger partial charge in [0.25, 0.3) is 0 Å². The summed E-state index contributed by atoms with van der Waals surface area (Å²) in [5.74, 6) is 1.83. The summed E-state index contributed by atoms with van der Waals surface area (Å²) in [5.41, 5.74) is 1.19. The molecule has 0 radical (unpaired) electrons. The van der Waals surface area contributed by atoms with Crippen molar-refractivity contribution in [1.29, 1.82) is 0 Å². The van der Waals surface area contributed by atoms with Crippen LogP contribution in [0, 0.1) is 13.8 Å². The molecule has 0 fully saturated rings. The van der Waals surface area contributed by atoms with Crippen molar-refractivity contribution in [3.05, 3.63) is 29.7 Å². The Morgan fingerprint density at radius 3 is 2.44 bits per heavy atom. The highest BCUT2D eigenvalue weighted by molar-refractivity contribution is 5.41. The van der Waals surface area contributed by atoms with Crippen LogP contribution in [0.1, 0.15) is 17.1 Å². The van der Waals surface area contributed by atoms with Gasteiger partial charge in [0.05, 0.1) is 0 Å². The Bertz CT molecular complexity index is 201. The van der Waals surface area contributed by atoms with E-state index in [1.165, 1.54) is 5.56 Å². The van der Waals surface area contributed by atoms with E-state index >= 15 is 0 Å². The molecule has 48 valence electrons. The first-order valence-electron chi connectivity index (χ1n) is 2.93. The van der Waals surface area contributed by atoms with Gasteiger partial charge in [-0.25, -0.2) is 0 Å². The van der Waals surface area contributed by atoms with Gasteiger partial charge < -0.3 is 4.42 Å². The standard InChI is InChI=1S/C8H10O/c1-4-8-5-6(2)7(3)9-8/h4-5H,1H2,2-3H3. The molecule has 1 aromatic rings. The molecule has 1 heterocycles. The molecule has 9 heavy (non-hydrogen) atoms. The maximum atomic E-state index is 5.25. The molecule has 0 saturated carbocycles. The molecule has 0 amide bonds. The van der Waals surface area contributed by atoms with Crippen LogP contribution in [0.5, 0.6) is 0 Å². The van der Waals surface area contributed by atoms with E-state index in [2.05, 4.69) is 6.58 Å². The van der Waals surface area contributed by atoms with Crippen LogP contribution in [0.25, 0.3) is 6.08 Å². The molecule has 0 saturated heterocycles. The fourth-order valence-corrected chi connectivity index (χ4v) is 0.702. The van der Waals surface area contributed by atoms with Crippen LogP contribution in [0.15, 0.2) is 17.1 Å². The zero-order chi connectivity index (χ0) is 6.85. The van der Waals surface area contributed by atoms with Crippen molar-refractivity contribution in [2.75, 3.05) is 0 Å². The van der Waals surface area contributed by atoms with Gasteiger partial charge in [0.15, 0.2) is 0 Å². The molecule has 0 aliphatic carbocycles. The zero-order valence-corrected chi connectivity index (χ0v) is 5.77. The predicted octanol–water partition coefficient (Wildman–Crippen LogP) is 2.54. The van der Waals surface area contributed by atoms with E-state index < -0.39 is 0 Å². The Morgan fingerprint density at radius 2 is 2.22 bits per heavy atom. The third-order valence-corrected chi connectivity index (χ3v) is 1.39. The van der Waals surface area contributed by atoms with Crippen molar-refractivity contribution >= 4 is 6.08 Å². The fourth-order valence-electron chi connectivity index (χ4n) is 0.702. The molecule has 1 heteroatoms. The quantitative estimate of drug-likeness (QED) is 0.558. The second kappa shape index (κ2) is 2.09. The van der Waals surface area contributed by atoms with Crippen molar-refractivity contribution in [1.82, 2.24) is 0 Å². The van der Waals surface area contributed by atoms with Crippen LogP contribution >= 0.6 is 0 Å². The first-order chi connectivity index (χ1) is 4.24. The van der Waals surface area contributed by atoms with Crippen LogP contribution < -0.4 is 0 Å². The van der Waals surface area contributed by atoms with E-state index in [1.54, 1.807) is 6.08 Å². The molecule has 0 unspecified atom stereocenters. The monoisotopic (exact) mass is 122 g/mol. The third kappa shape index (κ3) is 1.04. The molecule has 0 spiro atoms. The number of hydrogen-bond donors (Lipinski definition) is 0. The molecule has 0 aliphatic rings. The Labute approximate surface area is 55.0 Å². The molecule has 0 bridgehead atoms. The molecule has 1 aromatic heterocycles. The predicted molar refractivity (Wildman–Crippen MR) is 38.3 cm³/mol. The average Bonchev–Trinajstić information content (AvgIpc) is 2.13. The summed E-state index contributed by atoms with van der Waals surface area (Å²) in [6.07, 6.45) is 1.71. The van der Waals surface area contributed by atoms with Crippen LogP contribution in [0.2, 0.25) is 0 Å². The molecule has 0 aliphatic heterocycles. The number of furan rings is 1. The van der Waals surface area contributed by atoms with Gasteiger partial charge in [0, 0.05) is 0 Å². The molecular formula is C8H10O. The average molecular weight is 122 g/mol. The summed E-state index contributed by atoms with van der Waals surface area (Å²) in [6, 6.07) is 1.97. The maximum absolute atomic E-state index is 5.25. The minimum atomic E-state index is 0.852. The Kier molecular flexibility index (Phi) is 1.43. The van der Waals surface area contributed by atoms with E-state index in [0.29, 0.717) is 0 Å². The first-order valence-corrected chi connectivity index (χ1v) is 2.93. The molecule has 0 aromatic carbocycles. The van der Waals surface area contributed by atoms with E-state index in [0.717, 1.165) is 11.5 Å². The lowest BCUT2D eigenvalue weighted by molar-refractivity contribution is 0.523. The lowest BCUT2D eigenvalue weighted by atomic mass is 10.3. The largest absolute Gasteiger partial charge is 0.462 e. The summed E-state index contributed by atoms with van der Waals surface area (Å²) in [6.45, 7) is 7.56. The van der Waals surface area contributed by atoms with Gasteiger partial charge in [-0.1, -0.05) is 6.58 Å². The molecule has 0 atom stereocenters. The highest BCUT2D eigenvalue weighted by Crippen LogP contribution is 2.13. The van der Waals surface area contributed by atoms with Crippen LogP contribution in [-0.2, 0) is 0 Å². The first kappa shape index (κ1) is 6.14. The van der Waals surface area contributed by atoms with Crippen molar-refractivity contribution in [2.24, 2.45) is 0 Å². The van der Waals surface area contributed by atoms with E-state index in [-0.39, 0.29) is 0 Å². The second-order valence-electron chi connectivity index (χ2n) is 2.09. The van der Waals surface area contributed by atoms with Gasteiger partial charge in [0.2, 0.25) is 0 Å². The Balaban J connectivity index is 3.11. The molecule has 1 rings (SSSR count). The van der Waals surface area contributed by atoms with Gasteiger partial charge in [-0.15, -0.1) is 0 Å². The van der Waals surface area contributed by atoms with Gasteiger partial charge >= 0.3 is 0 Å². The topological polar surface area (TPSA) is 13.1 Å². The minimum Gasteiger partial charge on any atom is -0.462 e. The summed E-state index contributed by atoms with van der Waals surface area (Å²) in [4.78, 5) is 0. The SMILES string of the molecule is C=Cc1cc(C)c(C)o1. The van der Waals surface area contributed by atoms with Crippen LogP contribution in [0.3, 0.4) is 0 Å². The van der Waals surface area contributed by atoms with E-state index in [4.69, 9.17) is 4.42 Å². The maximum Gasteiger partial charge on any atom is 0.126 e. The van der Waals surface area contributed by atoms with Gasteiger partial charge in [-0.2, -0.15) is 0 Å². The van der Waals surface area contributed by atoms with E-state index in [9.17, 15) is 0 Å². The normalized spacial score (nSPS) is 9.56. The minimum absolute atomic E-state index is 0.852. The van der Waals surface area contributed by atoms with Gasteiger partial charge in [0.1, 0.15) is 11.5 Å². The lowest BCUT2D eigenvalue weighted by Gasteiger charge is -1.81. The van der Waals surface area contributed by atoms with Gasteiger partial charge in [-0.05, 0) is 31.6 Å².